The van der Waals surface area contributed by atoms with Crippen molar-refractivity contribution in [3.63, 3.8) is 0 Å². The summed E-state index contributed by atoms with van der Waals surface area (Å²) in [6, 6.07) is 34.2. The van der Waals surface area contributed by atoms with Gasteiger partial charge in [-0.15, -0.1) is 0 Å². The summed E-state index contributed by atoms with van der Waals surface area (Å²) >= 11 is 0. The smallest absolute Gasteiger partial charge is 0.195 e. The van der Waals surface area contributed by atoms with Gasteiger partial charge in [-0.2, -0.15) is 0 Å². The van der Waals surface area contributed by atoms with Crippen LogP contribution in [0.2, 0.25) is 0 Å². The monoisotopic (exact) mass is 573 g/mol. The van der Waals surface area contributed by atoms with Crippen molar-refractivity contribution >= 4 is 22.4 Å². The molecule has 4 aromatic carbocycles. The first-order valence-corrected chi connectivity index (χ1v) is 15.2. The predicted octanol–water partition coefficient (Wildman–Crippen LogP) is 7.52. The second kappa shape index (κ2) is 13.2. The molecule has 0 bridgehead atoms. The second-order valence-electron chi connectivity index (χ2n) is 11.4. The lowest BCUT2D eigenvalue weighted by atomic mass is 10.0. The van der Waals surface area contributed by atoms with Crippen LogP contribution in [0.25, 0.3) is 10.9 Å². The van der Waals surface area contributed by atoms with Gasteiger partial charge in [-0.3, -0.25) is 9.69 Å². The van der Waals surface area contributed by atoms with Crippen LogP contribution >= 0.6 is 0 Å². The Hall–Kier alpha value is -4.55. The van der Waals surface area contributed by atoms with Crippen LogP contribution in [-0.2, 0) is 0 Å². The van der Waals surface area contributed by atoms with Crippen LogP contribution in [0, 0.1) is 0 Å². The molecule has 6 heteroatoms. The fourth-order valence-corrected chi connectivity index (χ4v) is 5.81. The van der Waals surface area contributed by atoms with E-state index in [4.69, 9.17) is 9.47 Å². The molecule has 0 aliphatic carbocycles. The number of ether oxygens (including phenoxy) is 2. The van der Waals surface area contributed by atoms with Gasteiger partial charge in [0.1, 0.15) is 17.6 Å². The summed E-state index contributed by atoms with van der Waals surface area (Å²) in [4.78, 5) is 21.4. The molecule has 0 spiro atoms. The van der Waals surface area contributed by atoms with Gasteiger partial charge in [0.25, 0.3) is 0 Å². The first kappa shape index (κ1) is 28.6. The minimum absolute atomic E-state index is 0.00106. The summed E-state index contributed by atoms with van der Waals surface area (Å²) in [5, 5.41) is 0.936. The van der Waals surface area contributed by atoms with E-state index in [1.54, 1.807) is 6.20 Å². The predicted molar refractivity (Wildman–Crippen MR) is 173 cm³/mol. The molecule has 1 atom stereocenters. The zero-order chi connectivity index (χ0) is 29.6. The van der Waals surface area contributed by atoms with Crippen molar-refractivity contribution in [1.29, 1.82) is 0 Å². The Kier molecular flexibility index (Phi) is 8.75. The number of piperazine rings is 1. The van der Waals surface area contributed by atoms with Crippen molar-refractivity contribution in [1.82, 2.24) is 9.88 Å². The van der Waals surface area contributed by atoms with E-state index in [9.17, 15) is 4.79 Å². The van der Waals surface area contributed by atoms with E-state index in [0.29, 0.717) is 11.1 Å². The van der Waals surface area contributed by atoms with Crippen LogP contribution in [0.15, 0.2) is 109 Å². The largest absolute Gasteiger partial charge is 0.489 e. The number of para-hydroxylation sites is 3. The minimum Gasteiger partial charge on any atom is -0.489 e. The van der Waals surface area contributed by atoms with Crippen molar-refractivity contribution in [2.45, 2.75) is 32.5 Å². The average molecular weight is 574 g/mol. The van der Waals surface area contributed by atoms with Crippen molar-refractivity contribution < 1.29 is 14.3 Å². The lowest BCUT2D eigenvalue weighted by Gasteiger charge is -2.37. The van der Waals surface area contributed by atoms with Crippen LogP contribution in [0.3, 0.4) is 0 Å². The van der Waals surface area contributed by atoms with Crippen LogP contribution < -0.4 is 14.4 Å². The molecule has 0 amide bonds. The molecule has 6 rings (SSSR count). The number of aromatic nitrogens is 1. The third-order valence-corrected chi connectivity index (χ3v) is 8.05. The summed E-state index contributed by atoms with van der Waals surface area (Å²) in [5.41, 5.74) is 4.62. The number of benzene rings is 4. The number of carbonyl (C=O) groups excluding carboxylic acids is 1. The van der Waals surface area contributed by atoms with Crippen LogP contribution in [0.5, 0.6) is 11.5 Å². The average Bonchev–Trinajstić information content (AvgIpc) is 3.48. The van der Waals surface area contributed by atoms with Gasteiger partial charge in [-0.05, 0) is 61.9 Å². The third kappa shape index (κ3) is 6.76. The Morgan fingerprint density at radius 3 is 2.26 bits per heavy atom. The van der Waals surface area contributed by atoms with E-state index >= 15 is 0 Å². The number of rotatable bonds is 11. The highest BCUT2D eigenvalue weighted by Crippen LogP contribution is 2.31. The normalized spacial score (nSPS) is 14.6. The van der Waals surface area contributed by atoms with Gasteiger partial charge >= 0.3 is 0 Å². The number of ketones is 1. The summed E-state index contributed by atoms with van der Waals surface area (Å²) in [5.74, 6) is 1.72. The maximum atomic E-state index is 13.3. The van der Waals surface area contributed by atoms with E-state index in [-0.39, 0.29) is 18.0 Å². The number of carbonyl (C=O) groups is 1. The van der Waals surface area contributed by atoms with E-state index in [1.807, 2.05) is 60.7 Å². The number of hydrogen-bond acceptors (Lipinski definition) is 5. The van der Waals surface area contributed by atoms with Gasteiger partial charge in [-0.25, -0.2) is 0 Å². The van der Waals surface area contributed by atoms with Gasteiger partial charge in [0.15, 0.2) is 5.78 Å². The highest BCUT2D eigenvalue weighted by Gasteiger charge is 2.22. The van der Waals surface area contributed by atoms with E-state index < -0.39 is 0 Å². The van der Waals surface area contributed by atoms with Gasteiger partial charge in [0.05, 0.1) is 11.8 Å². The molecule has 1 N–H and O–H groups in total. The molecule has 1 fully saturated rings. The van der Waals surface area contributed by atoms with E-state index in [1.165, 1.54) is 5.69 Å². The molecule has 0 radical (unpaired) electrons. The Labute approximate surface area is 253 Å². The molecule has 2 heterocycles. The topological polar surface area (TPSA) is 57.8 Å². The molecule has 1 aliphatic rings. The van der Waals surface area contributed by atoms with Gasteiger partial charge in [0.2, 0.25) is 0 Å². The first-order valence-electron chi connectivity index (χ1n) is 15.2. The molecule has 6 nitrogen and oxygen atoms in total. The maximum absolute atomic E-state index is 13.3. The van der Waals surface area contributed by atoms with Crippen molar-refractivity contribution in [2.75, 3.05) is 37.6 Å². The fourth-order valence-electron chi connectivity index (χ4n) is 5.81. The summed E-state index contributed by atoms with van der Waals surface area (Å²) in [7, 11) is 0. The number of hydrogen-bond donors (Lipinski definition) is 1. The minimum atomic E-state index is -0.0884. The molecule has 5 aromatic rings. The third-order valence-electron chi connectivity index (χ3n) is 8.05. The SMILES string of the molecule is CC(C)Oc1ccccc1N1CCN(CCC(Oc2ccc(C(=O)c3c[nH]c4ccccc34)cc2)c2ccccc2)CC1. The van der Waals surface area contributed by atoms with Gasteiger partial charge < -0.3 is 19.4 Å². The second-order valence-corrected chi connectivity index (χ2v) is 11.4. The van der Waals surface area contributed by atoms with Gasteiger partial charge in [0, 0.05) is 67.4 Å². The highest BCUT2D eigenvalue weighted by molar-refractivity contribution is 6.16. The number of nitrogens with zero attached hydrogens (tertiary/aromatic N) is 2. The zero-order valence-electron chi connectivity index (χ0n) is 24.9. The van der Waals surface area contributed by atoms with Crippen molar-refractivity contribution in [2.24, 2.45) is 0 Å². The number of anilines is 1. The van der Waals surface area contributed by atoms with Crippen molar-refractivity contribution in [3.05, 3.63) is 126 Å². The molecule has 1 saturated heterocycles. The Morgan fingerprint density at radius 1 is 0.791 bits per heavy atom. The molecular weight excluding hydrogens is 534 g/mol. The molecular formula is C37H39N3O3. The summed E-state index contributed by atoms with van der Waals surface area (Å²) in [6.07, 6.45) is 2.72. The number of H-pyrrole nitrogens is 1. The summed E-state index contributed by atoms with van der Waals surface area (Å²) in [6.45, 7) is 8.97. The quantitative estimate of drug-likeness (QED) is 0.166. The highest BCUT2D eigenvalue weighted by atomic mass is 16.5. The number of fused-ring (bicyclic) bond motifs is 1. The molecule has 1 aromatic heterocycles. The molecule has 0 saturated carbocycles. The number of nitrogens with one attached hydrogen (secondary N) is 1. The zero-order valence-corrected chi connectivity index (χ0v) is 24.9. The van der Waals surface area contributed by atoms with Crippen LogP contribution in [0.1, 0.15) is 47.9 Å². The molecule has 43 heavy (non-hydrogen) atoms. The van der Waals surface area contributed by atoms with Crippen LogP contribution in [-0.4, -0.2) is 54.5 Å². The Balaban J connectivity index is 1.09. The standard InChI is InChI=1S/C37H39N3O3/c1-27(2)42-36-15-9-8-14-34(36)40-24-22-39(23-25-40)21-20-35(28-10-4-3-5-11-28)43-30-18-16-29(17-19-30)37(41)32-26-38-33-13-7-6-12-31(32)33/h3-19,26-27,35,38H,20-25H2,1-2H3. The summed E-state index contributed by atoms with van der Waals surface area (Å²) < 4.78 is 12.6. The lowest BCUT2D eigenvalue weighted by Crippen LogP contribution is -2.47. The van der Waals surface area contributed by atoms with Gasteiger partial charge in [-0.1, -0.05) is 60.7 Å². The Morgan fingerprint density at radius 2 is 1.49 bits per heavy atom. The van der Waals surface area contributed by atoms with E-state index in [2.05, 4.69) is 71.1 Å². The van der Waals surface area contributed by atoms with Crippen molar-refractivity contribution in [3.8, 4) is 11.5 Å². The molecule has 1 aliphatic heterocycles. The first-order chi connectivity index (χ1) is 21.0. The number of aromatic amines is 1. The maximum Gasteiger partial charge on any atom is 0.195 e. The molecule has 220 valence electrons. The lowest BCUT2D eigenvalue weighted by molar-refractivity contribution is 0.104. The fraction of sp³-hybridized carbons (Fsp3) is 0.270. The molecule has 1 unspecified atom stereocenters. The Bertz CT molecular complexity index is 1640. The van der Waals surface area contributed by atoms with E-state index in [0.717, 1.165) is 67.1 Å². The van der Waals surface area contributed by atoms with Crippen LogP contribution in [0.4, 0.5) is 5.69 Å².